The van der Waals surface area contributed by atoms with Gasteiger partial charge in [-0.15, -0.1) is 0 Å². The molecule has 0 radical (unpaired) electrons. The molecule has 0 unspecified atom stereocenters. The molecule has 0 bridgehead atoms. The third kappa shape index (κ3) is 3.43. The number of alkyl halides is 3. The molecule has 4 rings (SSSR count). The van der Waals surface area contributed by atoms with Crippen LogP contribution in [0.25, 0.3) is 11.1 Å². The molecule has 0 spiro atoms. The van der Waals surface area contributed by atoms with Crippen molar-refractivity contribution in [2.45, 2.75) is 18.1 Å². The highest BCUT2D eigenvalue weighted by Gasteiger charge is 2.38. The first kappa shape index (κ1) is 19.7. The molecule has 7 heteroatoms. The van der Waals surface area contributed by atoms with Gasteiger partial charge < -0.3 is 11.1 Å². The lowest BCUT2D eigenvalue weighted by Crippen LogP contribution is -2.48. The van der Waals surface area contributed by atoms with Crippen LogP contribution in [0.2, 0.25) is 0 Å². The Hall–Kier alpha value is -3.61. The number of benzene rings is 3. The molecule has 2 amide bonds. The highest BCUT2D eigenvalue weighted by atomic mass is 19.4. The first-order valence-corrected chi connectivity index (χ1v) is 9.23. The van der Waals surface area contributed by atoms with Crippen LogP contribution >= 0.6 is 0 Å². The Morgan fingerprint density at radius 2 is 1.33 bits per heavy atom. The Morgan fingerprint density at radius 1 is 0.833 bits per heavy atom. The van der Waals surface area contributed by atoms with Gasteiger partial charge in [0.15, 0.2) is 0 Å². The Kier molecular flexibility index (Phi) is 4.81. The topological polar surface area (TPSA) is 72.2 Å². The molecular formula is C23H17F3N2O2. The van der Waals surface area contributed by atoms with Crippen molar-refractivity contribution in [2.24, 2.45) is 5.73 Å². The Labute approximate surface area is 170 Å². The molecule has 1 aliphatic carbocycles. The second-order valence-corrected chi connectivity index (χ2v) is 7.08. The molecule has 0 aliphatic heterocycles. The molecule has 0 saturated carbocycles. The van der Waals surface area contributed by atoms with Gasteiger partial charge in [-0.2, -0.15) is 13.2 Å². The zero-order valence-electron chi connectivity index (χ0n) is 15.6. The third-order valence-corrected chi connectivity index (χ3v) is 5.28. The van der Waals surface area contributed by atoms with Gasteiger partial charge in [-0.3, -0.25) is 9.59 Å². The van der Waals surface area contributed by atoms with E-state index in [1.54, 1.807) is 0 Å². The second-order valence-electron chi connectivity index (χ2n) is 7.08. The smallest absolute Gasteiger partial charge is 0.368 e. The van der Waals surface area contributed by atoms with Crippen molar-refractivity contribution < 1.29 is 22.8 Å². The summed E-state index contributed by atoms with van der Waals surface area (Å²) in [5.74, 6) is -1.89. The van der Waals surface area contributed by atoms with Crippen molar-refractivity contribution in [1.29, 1.82) is 0 Å². The largest absolute Gasteiger partial charge is 0.416 e. The van der Waals surface area contributed by atoms with Crippen LogP contribution in [0.5, 0.6) is 0 Å². The van der Waals surface area contributed by atoms with Gasteiger partial charge in [-0.25, -0.2) is 0 Å². The summed E-state index contributed by atoms with van der Waals surface area (Å²) in [5.41, 5.74) is 8.40. The van der Waals surface area contributed by atoms with E-state index >= 15 is 0 Å². The number of hydrogen-bond donors (Lipinski definition) is 2. The van der Waals surface area contributed by atoms with Crippen LogP contribution in [0.1, 0.15) is 33.0 Å². The van der Waals surface area contributed by atoms with Crippen LogP contribution < -0.4 is 11.1 Å². The molecule has 3 aromatic carbocycles. The van der Waals surface area contributed by atoms with E-state index in [-0.39, 0.29) is 5.56 Å². The van der Waals surface area contributed by atoms with Crippen LogP contribution in [-0.2, 0) is 11.0 Å². The summed E-state index contributed by atoms with van der Waals surface area (Å²) in [6.45, 7) is 0. The third-order valence-electron chi connectivity index (χ3n) is 5.28. The number of carbonyl (C=O) groups is 2. The summed E-state index contributed by atoms with van der Waals surface area (Å²) in [5, 5.41) is 2.62. The van der Waals surface area contributed by atoms with E-state index in [4.69, 9.17) is 5.73 Å². The van der Waals surface area contributed by atoms with Crippen molar-refractivity contribution in [3.63, 3.8) is 0 Å². The minimum Gasteiger partial charge on any atom is -0.368 e. The molecule has 0 fully saturated rings. The lowest BCUT2D eigenvalue weighted by Gasteiger charge is -2.24. The Bertz CT molecular complexity index is 1080. The SMILES string of the molecule is NC(=O)[C@H](NC(=O)c1ccc(C(F)(F)F)cc1)C1c2ccccc2-c2ccccc21. The molecule has 3 N–H and O–H groups in total. The number of fused-ring (bicyclic) bond motifs is 3. The molecule has 1 aliphatic rings. The van der Waals surface area contributed by atoms with E-state index in [2.05, 4.69) is 5.32 Å². The van der Waals surface area contributed by atoms with Gasteiger partial charge in [0.1, 0.15) is 6.04 Å². The molecular weight excluding hydrogens is 393 g/mol. The fourth-order valence-electron chi connectivity index (χ4n) is 3.91. The fraction of sp³-hybridized carbons (Fsp3) is 0.130. The maximum atomic E-state index is 12.8. The monoisotopic (exact) mass is 410 g/mol. The van der Waals surface area contributed by atoms with Crippen LogP contribution in [0, 0.1) is 0 Å². The van der Waals surface area contributed by atoms with Gasteiger partial charge in [0.2, 0.25) is 5.91 Å². The van der Waals surface area contributed by atoms with Gasteiger partial charge in [0, 0.05) is 11.5 Å². The van der Waals surface area contributed by atoms with E-state index < -0.39 is 35.5 Å². The predicted octanol–water partition coefficient (Wildman–Crippen LogP) is 4.10. The van der Waals surface area contributed by atoms with Gasteiger partial charge in [0.05, 0.1) is 5.56 Å². The molecule has 4 nitrogen and oxygen atoms in total. The number of nitrogens with two attached hydrogens (primary N) is 1. The normalized spacial score (nSPS) is 14.0. The number of nitrogens with one attached hydrogen (secondary N) is 1. The average Bonchev–Trinajstić information content (AvgIpc) is 3.05. The van der Waals surface area contributed by atoms with Crippen LogP contribution in [0.4, 0.5) is 13.2 Å². The number of carbonyl (C=O) groups excluding carboxylic acids is 2. The summed E-state index contributed by atoms with van der Waals surface area (Å²) in [4.78, 5) is 25.0. The number of primary amides is 1. The fourth-order valence-corrected chi connectivity index (χ4v) is 3.91. The van der Waals surface area contributed by atoms with Crippen LogP contribution in [0.3, 0.4) is 0 Å². The van der Waals surface area contributed by atoms with Gasteiger partial charge in [-0.05, 0) is 46.5 Å². The maximum Gasteiger partial charge on any atom is 0.416 e. The van der Waals surface area contributed by atoms with Crippen molar-refractivity contribution >= 4 is 11.8 Å². The first-order valence-electron chi connectivity index (χ1n) is 9.23. The van der Waals surface area contributed by atoms with Gasteiger partial charge in [-0.1, -0.05) is 48.5 Å². The quantitative estimate of drug-likeness (QED) is 0.680. The average molecular weight is 410 g/mol. The number of hydrogen-bond acceptors (Lipinski definition) is 2. The lowest BCUT2D eigenvalue weighted by molar-refractivity contribution is -0.137. The van der Waals surface area contributed by atoms with Crippen LogP contribution in [-0.4, -0.2) is 17.9 Å². The molecule has 30 heavy (non-hydrogen) atoms. The maximum absolute atomic E-state index is 12.8. The zero-order valence-corrected chi connectivity index (χ0v) is 15.6. The zero-order chi connectivity index (χ0) is 21.5. The van der Waals surface area contributed by atoms with Crippen LogP contribution in [0.15, 0.2) is 72.8 Å². The van der Waals surface area contributed by atoms with Crippen molar-refractivity contribution in [2.75, 3.05) is 0 Å². The lowest BCUT2D eigenvalue weighted by atomic mass is 9.88. The summed E-state index contributed by atoms with van der Waals surface area (Å²) in [7, 11) is 0. The highest BCUT2D eigenvalue weighted by Crippen LogP contribution is 2.46. The minimum atomic E-state index is -4.50. The van der Waals surface area contributed by atoms with Crippen molar-refractivity contribution in [3.05, 3.63) is 95.1 Å². The first-order chi connectivity index (χ1) is 14.3. The number of halogens is 3. The molecule has 0 heterocycles. The molecule has 1 atom stereocenters. The molecule has 152 valence electrons. The Morgan fingerprint density at radius 3 is 1.80 bits per heavy atom. The Balaban J connectivity index is 1.67. The van der Waals surface area contributed by atoms with E-state index in [1.165, 1.54) is 0 Å². The van der Waals surface area contributed by atoms with E-state index in [9.17, 15) is 22.8 Å². The van der Waals surface area contributed by atoms with E-state index in [1.807, 2.05) is 48.5 Å². The minimum absolute atomic E-state index is 0.00816. The number of rotatable bonds is 4. The summed E-state index contributed by atoms with van der Waals surface area (Å²) in [6.07, 6.45) is -4.50. The summed E-state index contributed by atoms with van der Waals surface area (Å²) < 4.78 is 38.3. The summed E-state index contributed by atoms with van der Waals surface area (Å²) >= 11 is 0. The highest BCUT2D eigenvalue weighted by molar-refractivity contribution is 5.98. The van der Waals surface area contributed by atoms with Crippen molar-refractivity contribution in [3.8, 4) is 11.1 Å². The van der Waals surface area contributed by atoms with E-state index in [0.717, 1.165) is 46.5 Å². The van der Waals surface area contributed by atoms with Gasteiger partial charge >= 0.3 is 6.18 Å². The number of amides is 2. The molecule has 0 saturated heterocycles. The second kappa shape index (κ2) is 7.33. The van der Waals surface area contributed by atoms with Crippen molar-refractivity contribution in [1.82, 2.24) is 5.32 Å². The summed E-state index contributed by atoms with van der Waals surface area (Å²) in [6, 6.07) is 17.8. The standard InChI is InChI=1S/C23H17F3N2O2/c24-23(25,26)14-11-9-13(10-12-14)22(30)28-20(21(27)29)19-17-7-3-1-5-15(17)16-6-2-4-8-18(16)19/h1-12,19-20H,(H2,27,29)(H,28,30)/t20-/m1/s1. The van der Waals surface area contributed by atoms with E-state index in [0.29, 0.717) is 0 Å². The predicted molar refractivity (Wildman–Crippen MR) is 106 cm³/mol. The molecule has 3 aromatic rings. The van der Waals surface area contributed by atoms with Gasteiger partial charge in [0.25, 0.3) is 5.91 Å². The molecule has 0 aromatic heterocycles.